The van der Waals surface area contributed by atoms with Crippen LogP contribution in [-0.2, 0) is 16.2 Å². The molecule has 6 nitrogen and oxygen atoms in total. The van der Waals surface area contributed by atoms with Crippen molar-refractivity contribution in [3.63, 3.8) is 0 Å². The van der Waals surface area contributed by atoms with Gasteiger partial charge in [-0.05, 0) is 74.7 Å². The molecule has 178 valence electrons. The Balaban J connectivity index is 1.70. The molecule has 1 fully saturated rings. The molecule has 0 saturated carbocycles. The van der Waals surface area contributed by atoms with Crippen LogP contribution in [0.2, 0.25) is 0 Å². The minimum atomic E-state index is -0.772. The van der Waals surface area contributed by atoms with Crippen LogP contribution in [0.1, 0.15) is 33.4 Å². The van der Waals surface area contributed by atoms with Gasteiger partial charge >= 0.3 is 6.03 Å². The van der Waals surface area contributed by atoms with Crippen molar-refractivity contribution in [1.29, 1.82) is 0 Å². The molecular weight excluding hydrogens is 508 g/mol. The summed E-state index contributed by atoms with van der Waals surface area (Å²) in [7, 11) is 0. The van der Waals surface area contributed by atoms with Gasteiger partial charge < -0.3 is 4.74 Å². The van der Waals surface area contributed by atoms with Crippen molar-refractivity contribution in [2.24, 2.45) is 0 Å². The summed E-state index contributed by atoms with van der Waals surface area (Å²) < 4.78 is 6.84. The van der Waals surface area contributed by atoms with Gasteiger partial charge in [0.25, 0.3) is 11.8 Å². The zero-order chi connectivity index (χ0) is 25.3. The first-order valence-electron chi connectivity index (χ1n) is 11.1. The Morgan fingerprint density at radius 3 is 2.37 bits per heavy atom. The fraction of sp³-hybridized carbons (Fsp3) is 0.179. The summed E-state index contributed by atoms with van der Waals surface area (Å²) in [6, 6.07) is 16.1. The molecule has 0 unspecified atom stereocenters. The van der Waals surface area contributed by atoms with Gasteiger partial charge in [-0.15, -0.1) is 0 Å². The number of nitrogens with one attached hydrogen (secondary N) is 1. The molecule has 1 aliphatic heterocycles. The Labute approximate surface area is 212 Å². The fourth-order valence-electron chi connectivity index (χ4n) is 4.09. The third kappa shape index (κ3) is 5.20. The highest BCUT2D eigenvalue weighted by Gasteiger charge is 2.37. The zero-order valence-corrected chi connectivity index (χ0v) is 21.5. The third-order valence-corrected chi connectivity index (χ3v) is 6.36. The Morgan fingerprint density at radius 2 is 1.66 bits per heavy atom. The van der Waals surface area contributed by atoms with Crippen molar-refractivity contribution in [2.45, 2.75) is 34.3 Å². The van der Waals surface area contributed by atoms with E-state index in [1.165, 1.54) is 6.08 Å². The maximum Gasteiger partial charge on any atom is 0.335 e. The topological polar surface area (TPSA) is 75.7 Å². The van der Waals surface area contributed by atoms with Gasteiger partial charge in [0.2, 0.25) is 0 Å². The summed E-state index contributed by atoms with van der Waals surface area (Å²) in [5.74, 6) is -0.926. The quantitative estimate of drug-likeness (QED) is 0.326. The number of carbonyl (C=O) groups is 3. The van der Waals surface area contributed by atoms with Crippen molar-refractivity contribution >= 4 is 45.5 Å². The summed E-state index contributed by atoms with van der Waals surface area (Å²) in [4.78, 5) is 39.7. The molecule has 3 aromatic rings. The summed E-state index contributed by atoms with van der Waals surface area (Å²) >= 11 is 3.45. The molecule has 3 aromatic carbocycles. The first kappa shape index (κ1) is 24.4. The number of hydrogen-bond acceptors (Lipinski definition) is 4. The van der Waals surface area contributed by atoms with Crippen LogP contribution in [0.4, 0.5) is 10.5 Å². The second-order valence-corrected chi connectivity index (χ2v) is 9.56. The summed E-state index contributed by atoms with van der Waals surface area (Å²) in [5.41, 5.74) is 5.83. The largest absolute Gasteiger partial charge is 0.488 e. The van der Waals surface area contributed by atoms with Crippen LogP contribution in [0, 0.1) is 27.7 Å². The summed E-state index contributed by atoms with van der Waals surface area (Å²) in [6.07, 6.45) is 1.46. The van der Waals surface area contributed by atoms with Gasteiger partial charge in [-0.1, -0.05) is 57.4 Å². The van der Waals surface area contributed by atoms with Crippen molar-refractivity contribution in [3.05, 3.63) is 98.0 Å². The number of benzene rings is 3. The number of rotatable bonds is 5. The molecule has 0 radical (unpaired) electrons. The molecule has 4 amide bonds. The van der Waals surface area contributed by atoms with E-state index in [2.05, 4.69) is 39.4 Å². The number of halogens is 1. The highest BCUT2D eigenvalue weighted by Crippen LogP contribution is 2.30. The molecule has 7 heteroatoms. The van der Waals surface area contributed by atoms with E-state index in [-0.39, 0.29) is 5.57 Å². The second kappa shape index (κ2) is 9.88. The van der Waals surface area contributed by atoms with Crippen molar-refractivity contribution in [3.8, 4) is 5.75 Å². The van der Waals surface area contributed by atoms with Crippen molar-refractivity contribution in [2.75, 3.05) is 4.90 Å². The highest BCUT2D eigenvalue weighted by atomic mass is 79.9. The van der Waals surface area contributed by atoms with E-state index in [9.17, 15) is 14.4 Å². The van der Waals surface area contributed by atoms with Crippen LogP contribution in [0.25, 0.3) is 6.08 Å². The van der Waals surface area contributed by atoms with Gasteiger partial charge in [0.1, 0.15) is 17.9 Å². The van der Waals surface area contributed by atoms with E-state index < -0.39 is 17.8 Å². The van der Waals surface area contributed by atoms with E-state index in [1.807, 2.05) is 39.8 Å². The number of anilines is 1. The Kier molecular flexibility index (Phi) is 6.89. The molecule has 4 rings (SSSR count). The molecule has 1 aliphatic rings. The molecule has 0 atom stereocenters. The standard InChI is InChI=1S/C28H25BrN2O4/c1-16-10-17(2)12-20(11-16)15-35-25-9-8-22(29)13-21(25)14-23-26(32)30-28(34)31(27(23)33)24-7-5-6-18(3)19(24)4/h5-14H,15H2,1-4H3,(H,30,32,34)/b23-14+. The fourth-order valence-corrected chi connectivity index (χ4v) is 4.47. The smallest absolute Gasteiger partial charge is 0.335 e. The number of hydrogen-bond donors (Lipinski definition) is 1. The number of carbonyl (C=O) groups excluding carboxylic acids is 3. The molecule has 35 heavy (non-hydrogen) atoms. The molecular formula is C28H25BrN2O4. The van der Waals surface area contributed by atoms with Gasteiger partial charge in [-0.2, -0.15) is 0 Å². The lowest BCUT2D eigenvalue weighted by Crippen LogP contribution is -2.54. The van der Waals surface area contributed by atoms with Gasteiger partial charge in [0.15, 0.2) is 0 Å². The van der Waals surface area contributed by atoms with Crippen molar-refractivity contribution in [1.82, 2.24) is 5.32 Å². The van der Waals surface area contributed by atoms with Crippen LogP contribution >= 0.6 is 15.9 Å². The Hall–Kier alpha value is -3.71. The lowest BCUT2D eigenvalue weighted by molar-refractivity contribution is -0.122. The number of ether oxygens (including phenoxy) is 1. The molecule has 0 bridgehead atoms. The Morgan fingerprint density at radius 1 is 0.943 bits per heavy atom. The zero-order valence-electron chi connectivity index (χ0n) is 19.9. The van der Waals surface area contributed by atoms with Gasteiger partial charge in [-0.3, -0.25) is 14.9 Å². The van der Waals surface area contributed by atoms with Crippen LogP contribution in [-0.4, -0.2) is 17.8 Å². The van der Waals surface area contributed by atoms with Crippen LogP contribution in [0.15, 0.2) is 64.6 Å². The number of nitrogens with zero attached hydrogens (tertiary/aromatic N) is 1. The second-order valence-electron chi connectivity index (χ2n) is 8.64. The normalized spacial score (nSPS) is 14.9. The average Bonchev–Trinajstić information content (AvgIpc) is 2.78. The van der Waals surface area contributed by atoms with Gasteiger partial charge in [-0.25, -0.2) is 9.69 Å². The van der Waals surface area contributed by atoms with E-state index in [1.54, 1.807) is 24.3 Å². The molecule has 1 saturated heterocycles. The first-order chi connectivity index (χ1) is 16.6. The van der Waals surface area contributed by atoms with E-state index in [4.69, 9.17) is 4.74 Å². The Bertz CT molecular complexity index is 1370. The van der Waals surface area contributed by atoms with E-state index in [0.717, 1.165) is 37.2 Å². The molecule has 0 aliphatic carbocycles. The lowest BCUT2D eigenvalue weighted by atomic mass is 10.0. The van der Waals surface area contributed by atoms with Crippen LogP contribution in [0.3, 0.4) is 0 Å². The molecule has 0 spiro atoms. The SMILES string of the molecule is Cc1cc(C)cc(COc2ccc(Br)cc2/C=C2\C(=O)NC(=O)N(c3cccc(C)c3C)C2=O)c1. The van der Waals surface area contributed by atoms with E-state index >= 15 is 0 Å². The minimum absolute atomic E-state index is 0.153. The number of aryl methyl sites for hydroxylation is 3. The van der Waals surface area contributed by atoms with E-state index in [0.29, 0.717) is 23.6 Å². The first-order valence-corrected chi connectivity index (χ1v) is 11.9. The summed E-state index contributed by atoms with van der Waals surface area (Å²) in [5, 5.41) is 2.29. The predicted molar refractivity (Wildman–Crippen MR) is 139 cm³/mol. The number of imide groups is 2. The molecule has 1 N–H and O–H groups in total. The van der Waals surface area contributed by atoms with Crippen LogP contribution in [0.5, 0.6) is 5.75 Å². The van der Waals surface area contributed by atoms with Crippen molar-refractivity contribution < 1.29 is 19.1 Å². The maximum absolute atomic E-state index is 13.4. The van der Waals surface area contributed by atoms with Crippen LogP contribution < -0.4 is 15.0 Å². The predicted octanol–water partition coefficient (Wildman–Crippen LogP) is 5.93. The molecule has 1 heterocycles. The monoisotopic (exact) mass is 532 g/mol. The van der Waals surface area contributed by atoms with Gasteiger partial charge in [0.05, 0.1) is 5.69 Å². The maximum atomic E-state index is 13.4. The number of barbiturate groups is 1. The molecule has 0 aromatic heterocycles. The number of amides is 4. The van der Waals surface area contributed by atoms with Gasteiger partial charge in [0, 0.05) is 10.0 Å². The minimum Gasteiger partial charge on any atom is -0.488 e. The number of urea groups is 1. The lowest BCUT2D eigenvalue weighted by Gasteiger charge is -2.28. The summed E-state index contributed by atoms with van der Waals surface area (Å²) in [6.45, 7) is 8.12. The third-order valence-electron chi connectivity index (χ3n) is 5.87. The average molecular weight is 533 g/mol. The highest BCUT2D eigenvalue weighted by molar-refractivity contribution is 9.10.